The number of carbonyl (C=O) groups is 1. The minimum Gasteiger partial charge on any atom is -0.633 e. The van der Waals surface area contributed by atoms with Crippen molar-refractivity contribution >= 4 is 5.97 Å². The van der Waals surface area contributed by atoms with Crippen molar-refractivity contribution in [2.75, 3.05) is 0 Å². The molecule has 5 nitrogen and oxygen atoms in total. The van der Waals surface area contributed by atoms with Crippen molar-refractivity contribution < 1.29 is 15.1 Å². The molecule has 0 saturated heterocycles. The fourth-order valence-corrected chi connectivity index (χ4v) is 1.19. The van der Waals surface area contributed by atoms with E-state index in [1.54, 1.807) is 24.3 Å². The predicted molar refractivity (Wildman–Crippen MR) is 49.2 cm³/mol. The molecule has 0 atom stereocenters. The Hall–Kier alpha value is -1.43. The van der Waals surface area contributed by atoms with Gasteiger partial charge in [0.1, 0.15) is 6.54 Å². The molecule has 0 radical (unpaired) electrons. The second kappa shape index (κ2) is 4.71. The van der Waals surface area contributed by atoms with E-state index in [0.717, 1.165) is 0 Å². The van der Waals surface area contributed by atoms with Crippen molar-refractivity contribution in [1.82, 2.24) is 0 Å². The smallest absolute Gasteiger partial charge is 0.307 e. The van der Waals surface area contributed by atoms with Crippen molar-refractivity contribution in [3.05, 3.63) is 45.8 Å². The van der Waals surface area contributed by atoms with E-state index in [0.29, 0.717) is 11.1 Å². The highest BCUT2D eigenvalue weighted by molar-refractivity contribution is 5.70. The highest BCUT2D eigenvalue weighted by Gasteiger charge is 2.01. The summed E-state index contributed by atoms with van der Waals surface area (Å²) in [6.45, 7) is -0.187. The van der Waals surface area contributed by atoms with Gasteiger partial charge in [-0.1, -0.05) is 18.2 Å². The first-order valence-corrected chi connectivity index (χ1v) is 4.07. The number of carboxylic acids is 1. The summed E-state index contributed by atoms with van der Waals surface area (Å²) < 4.78 is 0. The first-order chi connectivity index (χ1) is 6.58. The lowest BCUT2D eigenvalue weighted by molar-refractivity contribution is -0.807. The van der Waals surface area contributed by atoms with Gasteiger partial charge >= 0.3 is 5.97 Å². The molecule has 0 heterocycles. The Morgan fingerprint density at radius 3 is 2.57 bits per heavy atom. The number of hydrogen-bond donors (Lipinski definition) is 2. The fourth-order valence-electron chi connectivity index (χ4n) is 1.19. The molecular formula is C9H10NO4-. The van der Waals surface area contributed by atoms with Crippen LogP contribution in [0, 0.1) is 10.4 Å². The number of aliphatic carboxylic acids is 1. The van der Waals surface area contributed by atoms with Crippen LogP contribution in [0.5, 0.6) is 0 Å². The number of benzene rings is 1. The van der Waals surface area contributed by atoms with Crippen LogP contribution in [0.3, 0.4) is 0 Å². The lowest BCUT2D eigenvalue weighted by atomic mass is 10.1. The van der Waals surface area contributed by atoms with E-state index < -0.39 is 11.2 Å². The summed E-state index contributed by atoms with van der Waals surface area (Å²) in [5, 5.41) is 27.9. The number of quaternary nitrogens is 1. The second-order valence-electron chi connectivity index (χ2n) is 2.94. The second-order valence-corrected chi connectivity index (χ2v) is 2.94. The normalized spacial score (nSPS) is 10.5. The van der Waals surface area contributed by atoms with Gasteiger partial charge in [0, 0.05) is 5.56 Å². The minimum absolute atomic E-state index is 0.0963. The zero-order valence-corrected chi connectivity index (χ0v) is 7.40. The van der Waals surface area contributed by atoms with Gasteiger partial charge < -0.3 is 20.7 Å². The number of carboxylic acid groups (broad SMARTS) is 1. The molecule has 0 saturated carbocycles. The minimum atomic E-state index is -1.17. The number of nitrogens with one attached hydrogen (secondary N) is 1. The van der Waals surface area contributed by atoms with Gasteiger partial charge in [0.2, 0.25) is 0 Å². The van der Waals surface area contributed by atoms with Crippen molar-refractivity contribution in [3.63, 3.8) is 0 Å². The molecule has 14 heavy (non-hydrogen) atoms. The van der Waals surface area contributed by atoms with Crippen LogP contribution in [-0.4, -0.2) is 11.1 Å². The maximum Gasteiger partial charge on any atom is 0.307 e. The standard InChI is InChI=1S/C9H10NO4/c11-9(12)5-7-2-1-3-8(4-7)6-10(13)14/h1-4,10H,5-6H2,(H,11,12)/q-1. The van der Waals surface area contributed by atoms with E-state index in [-0.39, 0.29) is 13.0 Å². The SMILES string of the molecule is O=C(O)Cc1cccc(C[NH+]([O-])[O-])c1. The summed E-state index contributed by atoms with van der Waals surface area (Å²) in [7, 11) is 0. The Morgan fingerprint density at radius 1 is 1.36 bits per heavy atom. The summed E-state index contributed by atoms with van der Waals surface area (Å²) in [6.07, 6.45) is -0.0963. The van der Waals surface area contributed by atoms with Crippen molar-refractivity contribution in [1.29, 1.82) is 0 Å². The topological polar surface area (TPSA) is 87.9 Å². The molecule has 0 aliphatic rings. The third kappa shape index (κ3) is 3.53. The molecule has 0 fully saturated rings. The summed E-state index contributed by atoms with van der Waals surface area (Å²) in [5.41, 5.74) is 1.15. The average molecular weight is 196 g/mol. The van der Waals surface area contributed by atoms with Gasteiger partial charge in [-0.05, 0) is 11.6 Å². The van der Waals surface area contributed by atoms with Crippen LogP contribution in [0.4, 0.5) is 0 Å². The number of rotatable bonds is 4. The molecule has 2 N–H and O–H groups in total. The fraction of sp³-hybridized carbons (Fsp3) is 0.222. The Balaban J connectivity index is 2.73. The first kappa shape index (κ1) is 10.6. The lowest BCUT2D eigenvalue weighted by Gasteiger charge is -2.25. The molecule has 0 spiro atoms. The van der Waals surface area contributed by atoms with E-state index >= 15 is 0 Å². The van der Waals surface area contributed by atoms with Gasteiger partial charge in [-0.25, -0.2) is 0 Å². The first-order valence-electron chi connectivity index (χ1n) is 4.07. The van der Waals surface area contributed by atoms with Crippen LogP contribution in [0.15, 0.2) is 24.3 Å². The van der Waals surface area contributed by atoms with Gasteiger partial charge in [-0.15, -0.1) is 0 Å². The monoisotopic (exact) mass is 196 g/mol. The molecule has 0 aliphatic heterocycles. The van der Waals surface area contributed by atoms with Crippen LogP contribution < -0.4 is 5.23 Å². The Kier molecular flexibility index (Phi) is 3.58. The highest BCUT2D eigenvalue weighted by atomic mass is 16.8. The largest absolute Gasteiger partial charge is 0.633 e. The Morgan fingerprint density at radius 2 is 2.00 bits per heavy atom. The van der Waals surface area contributed by atoms with Gasteiger partial charge in [0.15, 0.2) is 0 Å². The maximum absolute atomic E-state index is 10.4. The summed E-state index contributed by atoms with van der Waals surface area (Å²) in [5.74, 6) is -0.935. The third-order valence-electron chi connectivity index (χ3n) is 1.70. The zero-order chi connectivity index (χ0) is 10.6. The highest BCUT2D eigenvalue weighted by Crippen LogP contribution is 2.05. The maximum atomic E-state index is 10.4. The molecule has 0 aliphatic carbocycles. The molecule has 0 aromatic heterocycles. The number of hydroxylamine groups is 2. The molecule has 76 valence electrons. The quantitative estimate of drug-likeness (QED) is 0.647. The Labute approximate surface area is 80.7 Å². The van der Waals surface area contributed by atoms with Gasteiger partial charge in [-0.2, -0.15) is 0 Å². The van der Waals surface area contributed by atoms with Crippen molar-refractivity contribution in [3.8, 4) is 0 Å². The van der Waals surface area contributed by atoms with Gasteiger partial charge in [0.25, 0.3) is 0 Å². The zero-order valence-electron chi connectivity index (χ0n) is 7.40. The van der Waals surface area contributed by atoms with Crippen molar-refractivity contribution in [2.45, 2.75) is 13.0 Å². The van der Waals surface area contributed by atoms with E-state index in [1.165, 1.54) is 0 Å². The van der Waals surface area contributed by atoms with Gasteiger partial charge in [-0.3, -0.25) is 4.79 Å². The molecule has 0 bridgehead atoms. The van der Waals surface area contributed by atoms with E-state index in [4.69, 9.17) is 5.11 Å². The van der Waals surface area contributed by atoms with Crippen LogP contribution in [0.1, 0.15) is 11.1 Å². The summed E-state index contributed by atoms with van der Waals surface area (Å²) in [6, 6.07) is 6.47. The van der Waals surface area contributed by atoms with Crippen LogP contribution in [0.25, 0.3) is 0 Å². The van der Waals surface area contributed by atoms with Crippen LogP contribution in [-0.2, 0) is 17.8 Å². The summed E-state index contributed by atoms with van der Waals surface area (Å²) >= 11 is 0. The molecule has 1 aromatic rings. The molecule has 1 aromatic carbocycles. The Bertz CT molecular complexity index is 324. The lowest BCUT2D eigenvalue weighted by Crippen LogP contribution is -3.00. The molecule has 5 heteroatoms. The molecule has 0 amide bonds. The number of hydrogen-bond acceptors (Lipinski definition) is 3. The van der Waals surface area contributed by atoms with Gasteiger partial charge in [0.05, 0.1) is 6.42 Å². The average Bonchev–Trinajstić information content (AvgIpc) is 2.01. The third-order valence-corrected chi connectivity index (χ3v) is 1.70. The molecular weight excluding hydrogens is 186 g/mol. The molecule has 1 rings (SSSR count). The van der Waals surface area contributed by atoms with Crippen molar-refractivity contribution in [2.24, 2.45) is 0 Å². The van der Waals surface area contributed by atoms with E-state index in [1.807, 2.05) is 0 Å². The summed E-state index contributed by atoms with van der Waals surface area (Å²) in [4.78, 5) is 10.4. The van der Waals surface area contributed by atoms with E-state index in [9.17, 15) is 15.2 Å². The predicted octanol–water partition coefficient (Wildman–Crippen LogP) is -0.306. The van der Waals surface area contributed by atoms with Crippen LogP contribution >= 0.6 is 0 Å². The van der Waals surface area contributed by atoms with E-state index in [2.05, 4.69) is 0 Å². The molecule has 0 unspecified atom stereocenters. The van der Waals surface area contributed by atoms with Crippen LogP contribution in [0.2, 0.25) is 0 Å².